The number of ether oxygens (including phenoxy) is 1. The van der Waals surface area contributed by atoms with Crippen LogP contribution in [0.4, 0.5) is 8.78 Å². The van der Waals surface area contributed by atoms with Crippen LogP contribution >= 0.6 is 0 Å². The third kappa shape index (κ3) is 3.40. The summed E-state index contributed by atoms with van der Waals surface area (Å²) in [6.45, 7) is 11.4. The van der Waals surface area contributed by atoms with E-state index in [0.29, 0.717) is 6.42 Å². The Morgan fingerprint density at radius 3 is 2.60 bits per heavy atom. The largest absolute Gasteiger partial charge is 0.459 e. The van der Waals surface area contributed by atoms with Gasteiger partial charge in [-0.3, -0.25) is 4.79 Å². The van der Waals surface area contributed by atoms with Crippen molar-refractivity contribution >= 4 is 5.97 Å². The molecule has 0 heterocycles. The van der Waals surface area contributed by atoms with E-state index in [1.165, 1.54) is 5.57 Å². The predicted octanol–water partition coefficient (Wildman–Crippen LogP) is 4.37. The molecule has 0 bridgehead atoms. The lowest BCUT2D eigenvalue weighted by atomic mass is 9.53. The van der Waals surface area contributed by atoms with Gasteiger partial charge in [0.15, 0.2) is 6.61 Å². The molecule has 0 radical (unpaired) electrons. The van der Waals surface area contributed by atoms with Crippen molar-refractivity contribution < 1.29 is 23.4 Å². The van der Waals surface area contributed by atoms with Crippen molar-refractivity contribution in [1.82, 2.24) is 0 Å². The maximum atomic E-state index is 12.3. The van der Waals surface area contributed by atoms with E-state index in [-0.39, 0.29) is 22.7 Å². The highest BCUT2D eigenvalue weighted by Crippen LogP contribution is 2.62. The lowest BCUT2D eigenvalue weighted by molar-refractivity contribution is -0.157. The summed E-state index contributed by atoms with van der Waals surface area (Å²) >= 11 is 0. The molecule has 0 unspecified atom stereocenters. The molecule has 0 aliphatic heterocycles. The van der Waals surface area contributed by atoms with E-state index in [0.717, 1.165) is 12.8 Å². The zero-order valence-electron chi connectivity index (χ0n) is 15.6. The van der Waals surface area contributed by atoms with Crippen LogP contribution in [0.1, 0.15) is 47.0 Å². The summed E-state index contributed by atoms with van der Waals surface area (Å²) in [5.74, 6) is -1.03. The van der Waals surface area contributed by atoms with E-state index in [2.05, 4.69) is 27.4 Å². The number of fused-ring (bicyclic) bond motifs is 1. The molecule has 0 aromatic rings. The minimum absolute atomic E-state index is 0.0279. The molecule has 142 valence electrons. The molecule has 5 heteroatoms. The molecule has 0 saturated heterocycles. The van der Waals surface area contributed by atoms with Crippen LogP contribution in [0.15, 0.2) is 24.3 Å². The SMILES string of the molecule is C=C/C=C(\C)[C@@]1(C)CC[C@]2(C)[C@@H](O)[C@@H](C(=O)OCC(F)F)C[C@H]2[C@@H]1C. The van der Waals surface area contributed by atoms with Crippen LogP contribution < -0.4 is 0 Å². The molecule has 25 heavy (non-hydrogen) atoms. The highest BCUT2D eigenvalue weighted by Gasteiger charge is 2.60. The lowest BCUT2D eigenvalue weighted by Gasteiger charge is -2.52. The number of aliphatic hydroxyl groups excluding tert-OH is 1. The van der Waals surface area contributed by atoms with Crippen LogP contribution in [0.5, 0.6) is 0 Å². The highest BCUT2D eigenvalue weighted by molar-refractivity contribution is 5.74. The third-order valence-corrected chi connectivity index (χ3v) is 7.13. The standard InChI is InChI=1S/C20H30F2O3/c1-6-7-12(2)19(4)8-9-20(5)15(13(19)3)10-14(17(20)23)18(24)25-11-16(21)22/h6-7,13-17,23H,1,8-11H2,2-5H3/b12-7+/t13-,14-,15-,17-,19+,20-/m0/s1. The Labute approximate surface area is 149 Å². The van der Waals surface area contributed by atoms with Crippen LogP contribution in [-0.4, -0.2) is 30.2 Å². The Morgan fingerprint density at radius 1 is 1.40 bits per heavy atom. The second kappa shape index (κ2) is 7.18. The van der Waals surface area contributed by atoms with Gasteiger partial charge in [0.05, 0.1) is 12.0 Å². The van der Waals surface area contributed by atoms with E-state index in [1.54, 1.807) is 6.08 Å². The van der Waals surface area contributed by atoms with Gasteiger partial charge < -0.3 is 9.84 Å². The van der Waals surface area contributed by atoms with Crippen LogP contribution in [-0.2, 0) is 9.53 Å². The van der Waals surface area contributed by atoms with Gasteiger partial charge in [0, 0.05) is 0 Å². The summed E-state index contributed by atoms with van der Waals surface area (Å²) in [6.07, 6.45) is 2.47. The number of carbonyl (C=O) groups excluding carboxylic acids is 1. The molecule has 0 amide bonds. The number of rotatable bonds is 5. The van der Waals surface area contributed by atoms with Crippen molar-refractivity contribution in [3.8, 4) is 0 Å². The average molecular weight is 356 g/mol. The first kappa shape index (κ1) is 20.1. The molecular weight excluding hydrogens is 326 g/mol. The lowest BCUT2D eigenvalue weighted by Crippen LogP contribution is -2.47. The van der Waals surface area contributed by atoms with Gasteiger partial charge in [-0.15, -0.1) is 0 Å². The Balaban J connectivity index is 2.23. The van der Waals surface area contributed by atoms with Crippen molar-refractivity contribution in [3.63, 3.8) is 0 Å². The van der Waals surface area contributed by atoms with Gasteiger partial charge in [0.1, 0.15) is 0 Å². The minimum atomic E-state index is -2.69. The topological polar surface area (TPSA) is 46.5 Å². The maximum Gasteiger partial charge on any atom is 0.311 e. The summed E-state index contributed by atoms with van der Waals surface area (Å²) in [7, 11) is 0. The summed E-state index contributed by atoms with van der Waals surface area (Å²) in [5.41, 5.74) is 0.831. The predicted molar refractivity (Wildman–Crippen MR) is 93.1 cm³/mol. The van der Waals surface area contributed by atoms with E-state index >= 15 is 0 Å². The first-order valence-corrected chi connectivity index (χ1v) is 9.00. The van der Waals surface area contributed by atoms with Crippen molar-refractivity contribution in [3.05, 3.63) is 24.3 Å². The van der Waals surface area contributed by atoms with Gasteiger partial charge in [-0.2, -0.15) is 0 Å². The van der Waals surface area contributed by atoms with Crippen molar-refractivity contribution in [1.29, 1.82) is 0 Å². The Kier molecular flexibility index (Phi) is 5.77. The zero-order valence-corrected chi connectivity index (χ0v) is 15.6. The molecule has 0 spiro atoms. The van der Waals surface area contributed by atoms with Crippen LogP contribution in [0, 0.1) is 28.6 Å². The number of hydrogen-bond donors (Lipinski definition) is 1. The summed E-state index contributed by atoms with van der Waals surface area (Å²) < 4.78 is 29.4. The molecule has 2 aliphatic rings. The average Bonchev–Trinajstić information content (AvgIpc) is 2.82. The Morgan fingerprint density at radius 2 is 2.04 bits per heavy atom. The quantitative estimate of drug-likeness (QED) is 0.588. The first-order chi connectivity index (χ1) is 11.6. The van der Waals surface area contributed by atoms with E-state index in [9.17, 15) is 18.7 Å². The Bertz CT molecular complexity index is 559. The Hall–Kier alpha value is -1.23. The van der Waals surface area contributed by atoms with Gasteiger partial charge in [-0.1, -0.05) is 45.1 Å². The number of allylic oxidation sites excluding steroid dienone is 3. The fourth-order valence-corrected chi connectivity index (χ4v) is 5.06. The molecule has 0 aromatic carbocycles. The number of halogens is 2. The van der Waals surface area contributed by atoms with Crippen molar-refractivity contribution in [2.45, 2.75) is 59.5 Å². The van der Waals surface area contributed by atoms with Gasteiger partial charge in [0.2, 0.25) is 0 Å². The fourth-order valence-electron chi connectivity index (χ4n) is 5.06. The van der Waals surface area contributed by atoms with Gasteiger partial charge in [-0.05, 0) is 48.9 Å². The van der Waals surface area contributed by atoms with Crippen LogP contribution in [0.3, 0.4) is 0 Å². The fraction of sp³-hybridized carbons (Fsp3) is 0.750. The number of carbonyl (C=O) groups is 1. The minimum Gasteiger partial charge on any atom is -0.459 e. The molecule has 0 aromatic heterocycles. The maximum absolute atomic E-state index is 12.3. The molecule has 2 fully saturated rings. The van der Waals surface area contributed by atoms with Crippen LogP contribution in [0.25, 0.3) is 0 Å². The van der Waals surface area contributed by atoms with E-state index < -0.39 is 31.0 Å². The number of alkyl halides is 2. The zero-order chi connectivity index (χ0) is 19.0. The van der Waals surface area contributed by atoms with Gasteiger partial charge in [-0.25, -0.2) is 8.78 Å². The van der Waals surface area contributed by atoms with Crippen LogP contribution in [0.2, 0.25) is 0 Å². The number of esters is 1. The normalized spacial score (nSPS) is 41.5. The molecule has 2 aliphatic carbocycles. The monoisotopic (exact) mass is 356 g/mol. The first-order valence-electron chi connectivity index (χ1n) is 9.00. The molecular formula is C20H30F2O3. The smallest absolute Gasteiger partial charge is 0.311 e. The van der Waals surface area contributed by atoms with E-state index in [1.807, 2.05) is 13.0 Å². The number of aliphatic hydroxyl groups is 1. The van der Waals surface area contributed by atoms with Gasteiger partial charge >= 0.3 is 5.97 Å². The molecule has 6 atom stereocenters. The summed E-state index contributed by atoms with van der Waals surface area (Å²) in [5, 5.41) is 10.8. The molecule has 1 N–H and O–H groups in total. The van der Waals surface area contributed by atoms with Gasteiger partial charge in [0.25, 0.3) is 6.43 Å². The summed E-state index contributed by atoms with van der Waals surface area (Å²) in [4.78, 5) is 12.2. The van der Waals surface area contributed by atoms with Crippen molar-refractivity contribution in [2.24, 2.45) is 28.6 Å². The van der Waals surface area contributed by atoms with Crippen molar-refractivity contribution in [2.75, 3.05) is 6.61 Å². The second-order valence-corrected chi connectivity index (χ2v) is 8.21. The summed E-state index contributed by atoms with van der Waals surface area (Å²) in [6, 6.07) is 0. The highest BCUT2D eigenvalue weighted by atomic mass is 19.3. The second-order valence-electron chi connectivity index (χ2n) is 8.21. The molecule has 3 nitrogen and oxygen atoms in total. The van der Waals surface area contributed by atoms with E-state index in [4.69, 9.17) is 4.74 Å². The number of hydrogen-bond acceptors (Lipinski definition) is 3. The molecule has 2 saturated carbocycles. The molecule has 2 rings (SSSR count). The third-order valence-electron chi connectivity index (χ3n) is 7.13.